The van der Waals surface area contributed by atoms with Crippen LogP contribution in [0.3, 0.4) is 0 Å². The molecule has 0 aromatic heterocycles. The number of hydrogen-bond donors (Lipinski definition) is 1. The molecular weight excluding hydrogens is 290 g/mol. The maximum Gasteiger partial charge on any atom is 0.119 e. The van der Waals surface area contributed by atoms with Crippen LogP contribution in [0.25, 0.3) is 0 Å². The van der Waals surface area contributed by atoms with E-state index in [1.54, 1.807) is 7.11 Å². The van der Waals surface area contributed by atoms with E-state index in [4.69, 9.17) is 4.74 Å². The van der Waals surface area contributed by atoms with Crippen molar-refractivity contribution in [1.82, 2.24) is 0 Å². The molecule has 2 nitrogen and oxygen atoms in total. The fourth-order valence-corrected chi connectivity index (χ4v) is 2.74. The number of fused-ring (bicyclic) bond motifs is 1. The van der Waals surface area contributed by atoms with Crippen LogP contribution in [0.15, 0.2) is 46.9 Å². The van der Waals surface area contributed by atoms with Crippen LogP contribution in [0, 0.1) is 0 Å². The molecule has 0 bridgehead atoms. The van der Waals surface area contributed by atoms with Crippen LogP contribution in [0.2, 0.25) is 0 Å². The first kappa shape index (κ1) is 11.6. The lowest BCUT2D eigenvalue weighted by Crippen LogP contribution is -2.05. The summed E-state index contributed by atoms with van der Waals surface area (Å²) < 4.78 is 6.39. The summed E-state index contributed by atoms with van der Waals surface area (Å²) in [5.41, 5.74) is 3.85. The number of halogens is 1. The third-order valence-electron chi connectivity index (χ3n) is 3.32. The normalized spacial score (nSPS) is 17.1. The van der Waals surface area contributed by atoms with Crippen molar-refractivity contribution < 1.29 is 4.74 Å². The van der Waals surface area contributed by atoms with Crippen molar-refractivity contribution in [1.29, 1.82) is 0 Å². The Morgan fingerprint density at radius 2 is 2.11 bits per heavy atom. The van der Waals surface area contributed by atoms with E-state index in [0.717, 1.165) is 16.6 Å². The van der Waals surface area contributed by atoms with Gasteiger partial charge in [-0.2, -0.15) is 0 Å². The van der Waals surface area contributed by atoms with Gasteiger partial charge in [0.2, 0.25) is 0 Å². The standard InChI is InChI=1S/C15H14BrNO/c1-18-13-4-2-3-10(7-13)14-8-11-5-6-12(16)9-15(11)17-14/h2-7,9,14,17H,8H2,1H3. The molecule has 3 heteroatoms. The minimum atomic E-state index is 0.337. The van der Waals surface area contributed by atoms with Gasteiger partial charge in [-0.3, -0.25) is 0 Å². The molecule has 1 N–H and O–H groups in total. The molecule has 0 spiro atoms. The molecule has 0 radical (unpaired) electrons. The lowest BCUT2D eigenvalue weighted by Gasteiger charge is -2.12. The number of hydrogen-bond acceptors (Lipinski definition) is 2. The highest BCUT2D eigenvalue weighted by molar-refractivity contribution is 9.10. The number of benzene rings is 2. The molecule has 1 aliphatic rings. The van der Waals surface area contributed by atoms with Crippen molar-refractivity contribution in [3.05, 3.63) is 58.1 Å². The van der Waals surface area contributed by atoms with Gasteiger partial charge >= 0.3 is 0 Å². The smallest absolute Gasteiger partial charge is 0.119 e. The van der Waals surface area contributed by atoms with E-state index in [9.17, 15) is 0 Å². The van der Waals surface area contributed by atoms with Gasteiger partial charge < -0.3 is 10.1 Å². The summed E-state index contributed by atoms with van der Waals surface area (Å²) >= 11 is 3.50. The number of rotatable bonds is 2. The van der Waals surface area contributed by atoms with E-state index in [1.165, 1.54) is 16.8 Å². The summed E-state index contributed by atoms with van der Waals surface area (Å²) in [6.07, 6.45) is 1.02. The monoisotopic (exact) mass is 303 g/mol. The summed E-state index contributed by atoms with van der Waals surface area (Å²) in [5.74, 6) is 0.909. The minimum Gasteiger partial charge on any atom is -0.497 e. The molecule has 0 aliphatic carbocycles. The van der Waals surface area contributed by atoms with E-state index >= 15 is 0 Å². The van der Waals surface area contributed by atoms with E-state index in [0.29, 0.717) is 6.04 Å². The Hall–Kier alpha value is -1.48. The number of ether oxygens (including phenoxy) is 1. The first-order valence-corrected chi connectivity index (χ1v) is 6.74. The van der Waals surface area contributed by atoms with Crippen LogP contribution in [-0.2, 0) is 6.42 Å². The molecule has 1 aliphatic heterocycles. The predicted molar refractivity (Wildman–Crippen MR) is 77.2 cm³/mol. The molecule has 0 amide bonds. The van der Waals surface area contributed by atoms with Crippen LogP contribution in [-0.4, -0.2) is 7.11 Å². The van der Waals surface area contributed by atoms with Gasteiger partial charge in [0.1, 0.15) is 5.75 Å². The van der Waals surface area contributed by atoms with Crippen molar-refractivity contribution >= 4 is 21.6 Å². The van der Waals surface area contributed by atoms with Crippen molar-refractivity contribution in [3.63, 3.8) is 0 Å². The maximum absolute atomic E-state index is 5.28. The lowest BCUT2D eigenvalue weighted by atomic mass is 10.0. The van der Waals surface area contributed by atoms with Gasteiger partial charge in [0.25, 0.3) is 0 Å². The van der Waals surface area contributed by atoms with Crippen LogP contribution < -0.4 is 10.1 Å². The molecule has 1 atom stereocenters. The van der Waals surface area contributed by atoms with Gasteiger partial charge in [0, 0.05) is 10.2 Å². The molecule has 3 rings (SSSR count). The zero-order valence-electron chi connectivity index (χ0n) is 10.1. The lowest BCUT2D eigenvalue weighted by molar-refractivity contribution is 0.414. The van der Waals surface area contributed by atoms with Gasteiger partial charge in [-0.05, 0) is 41.8 Å². The highest BCUT2D eigenvalue weighted by Crippen LogP contribution is 2.36. The zero-order chi connectivity index (χ0) is 12.5. The molecule has 92 valence electrons. The molecule has 0 saturated carbocycles. The Morgan fingerprint density at radius 1 is 1.22 bits per heavy atom. The van der Waals surface area contributed by atoms with Crippen LogP contribution in [0.1, 0.15) is 17.2 Å². The number of methoxy groups -OCH3 is 1. The molecule has 2 aromatic carbocycles. The third-order valence-corrected chi connectivity index (χ3v) is 3.82. The van der Waals surface area contributed by atoms with Gasteiger partial charge in [-0.25, -0.2) is 0 Å². The number of nitrogens with one attached hydrogen (secondary N) is 1. The van der Waals surface area contributed by atoms with Crippen LogP contribution >= 0.6 is 15.9 Å². The topological polar surface area (TPSA) is 21.3 Å². The first-order chi connectivity index (χ1) is 8.76. The van der Waals surface area contributed by atoms with E-state index in [-0.39, 0.29) is 0 Å². The molecule has 1 heterocycles. The second kappa shape index (κ2) is 4.65. The van der Waals surface area contributed by atoms with Gasteiger partial charge in [0.15, 0.2) is 0 Å². The Morgan fingerprint density at radius 3 is 2.94 bits per heavy atom. The fourth-order valence-electron chi connectivity index (χ4n) is 2.38. The van der Waals surface area contributed by atoms with Crippen molar-refractivity contribution in [3.8, 4) is 5.75 Å². The Bertz CT molecular complexity index is 582. The average molecular weight is 304 g/mol. The molecule has 1 unspecified atom stereocenters. The van der Waals surface area contributed by atoms with Crippen molar-refractivity contribution in [2.45, 2.75) is 12.5 Å². The van der Waals surface area contributed by atoms with Crippen molar-refractivity contribution in [2.24, 2.45) is 0 Å². The Labute approximate surface area is 115 Å². The maximum atomic E-state index is 5.28. The summed E-state index contributed by atoms with van der Waals surface area (Å²) in [4.78, 5) is 0. The predicted octanol–water partition coefficient (Wildman–Crippen LogP) is 4.17. The summed E-state index contributed by atoms with van der Waals surface area (Å²) in [7, 11) is 1.70. The SMILES string of the molecule is COc1cccc(C2Cc3ccc(Br)cc3N2)c1. The second-order valence-electron chi connectivity index (χ2n) is 4.48. The first-order valence-electron chi connectivity index (χ1n) is 5.95. The van der Waals surface area contributed by atoms with Crippen LogP contribution in [0.4, 0.5) is 5.69 Å². The van der Waals surface area contributed by atoms with Gasteiger partial charge in [-0.1, -0.05) is 34.1 Å². The number of anilines is 1. The summed E-state index contributed by atoms with van der Waals surface area (Å²) in [6, 6.07) is 15.0. The molecular formula is C15H14BrNO. The highest BCUT2D eigenvalue weighted by Gasteiger charge is 2.22. The highest BCUT2D eigenvalue weighted by atomic mass is 79.9. The zero-order valence-corrected chi connectivity index (χ0v) is 11.7. The van der Waals surface area contributed by atoms with Gasteiger partial charge in [0.05, 0.1) is 13.2 Å². The Kier molecular flexibility index (Phi) is 3.00. The molecule has 0 saturated heterocycles. The van der Waals surface area contributed by atoms with E-state index in [1.807, 2.05) is 12.1 Å². The fraction of sp³-hybridized carbons (Fsp3) is 0.200. The third kappa shape index (κ3) is 2.10. The quantitative estimate of drug-likeness (QED) is 0.899. The molecule has 18 heavy (non-hydrogen) atoms. The molecule has 2 aromatic rings. The second-order valence-corrected chi connectivity index (χ2v) is 5.39. The Balaban J connectivity index is 1.88. The average Bonchev–Trinajstić information content (AvgIpc) is 2.81. The molecule has 0 fully saturated rings. The van der Waals surface area contributed by atoms with Crippen LogP contribution in [0.5, 0.6) is 5.75 Å². The van der Waals surface area contributed by atoms with Gasteiger partial charge in [-0.15, -0.1) is 0 Å². The summed E-state index contributed by atoms with van der Waals surface area (Å²) in [6.45, 7) is 0. The minimum absolute atomic E-state index is 0.337. The van der Waals surface area contributed by atoms with E-state index in [2.05, 4.69) is 51.6 Å². The largest absolute Gasteiger partial charge is 0.497 e. The summed E-state index contributed by atoms with van der Waals surface area (Å²) in [5, 5.41) is 3.56. The van der Waals surface area contributed by atoms with Crippen molar-refractivity contribution in [2.75, 3.05) is 12.4 Å². The van der Waals surface area contributed by atoms with E-state index < -0.39 is 0 Å².